The highest BCUT2D eigenvalue weighted by Crippen LogP contribution is 2.16. The number of halogens is 1. The van der Waals surface area contributed by atoms with Crippen LogP contribution in [-0.2, 0) is 34.0 Å². The van der Waals surface area contributed by atoms with Crippen molar-refractivity contribution in [2.45, 2.75) is 45.3 Å². The molecule has 0 spiro atoms. The third-order valence-electron chi connectivity index (χ3n) is 5.49. The number of fused-ring (bicyclic) bond motifs is 1. The van der Waals surface area contributed by atoms with Crippen molar-refractivity contribution in [3.05, 3.63) is 67.1 Å². The Morgan fingerprint density at radius 2 is 1.83 bits per heavy atom. The first-order valence-corrected chi connectivity index (χ1v) is 12.6. The zero-order chi connectivity index (χ0) is 25.2. The van der Waals surface area contributed by atoms with Crippen LogP contribution in [0.4, 0.5) is 0 Å². The van der Waals surface area contributed by atoms with Gasteiger partial charge in [0.05, 0.1) is 12.1 Å². The zero-order valence-electron chi connectivity index (χ0n) is 19.5. The molecule has 0 atom stereocenters. The summed E-state index contributed by atoms with van der Waals surface area (Å²) in [7, 11) is 1.54. The molecular weight excluding hydrogens is 492 g/mol. The standard InChI is InChI=1S/C24H29ClN4O5S/c1-34-13-11-26-21(31)16-29-19-10-14-35-22(19)23(32)28(24(29)33)12-6-2-3-9-20(30)27-15-17-7-4-5-8-18(17)25/h4-5,7-8,10,14H,2-3,6,9,11-13,15-16H2,1H3,(H,26,31)(H,27,30). The fourth-order valence-corrected chi connectivity index (χ4v) is 4.68. The number of hydrogen-bond donors (Lipinski definition) is 2. The van der Waals surface area contributed by atoms with Crippen molar-refractivity contribution in [2.24, 2.45) is 0 Å². The van der Waals surface area contributed by atoms with Crippen LogP contribution in [0.5, 0.6) is 0 Å². The Labute approximate surface area is 211 Å². The maximum Gasteiger partial charge on any atom is 0.332 e. The summed E-state index contributed by atoms with van der Waals surface area (Å²) in [4.78, 5) is 50.3. The van der Waals surface area contributed by atoms with Gasteiger partial charge in [0.25, 0.3) is 5.56 Å². The molecule has 3 aromatic rings. The van der Waals surface area contributed by atoms with Gasteiger partial charge in [-0.3, -0.25) is 23.5 Å². The van der Waals surface area contributed by atoms with Crippen molar-refractivity contribution in [2.75, 3.05) is 20.3 Å². The van der Waals surface area contributed by atoms with E-state index in [9.17, 15) is 19.2 Å². The minimum atomic E-state index is -0.514. The van der Waals surface area contributed by atoms with E-state index in [4.69, 9.17) is 16.3 Å². The molecule has 11 heteroatoms. The largest absolute Gasteiger partial charge is 0.383 e. The molecule has 0 saturated heterocycles. The Bertz CT molecular complexity index is 1280. The van der Waals surface area contributed by atoms with E-state index in [1.807, 2.05) is 18.2 Å². The quantitative estimate of drug-likeness (QED) is 0.336. The molecule has 3 rings (SSSR count). The number of nitrogens with one attached hydrogen (secondary N) is 2. The molecule has 2 heterocycles. The molecule has 2 N–H and O–H groups in total. The maximum absolute atomic E-state index is 13.0. The summed E-state index contributed by atoms with van der Waals surface area (Å²) in [6, 6.07) is 9.02. The first-order chi connectivity index (χ1) is 16.9. The highest BCUT2D eigenvalue weighted by molar-refractivity contribution is 7.17. The molecule has 0 aliphatic carbocycles. The van der Waals surface area contributed by atoms with Crippen LogP contribution >= 0.6 is 22.9 Å². The van der Waals surface area contributed by atoms with Gasteiger partial charge in [-0.05, 0) is 35.9 Å². The van der Waals surface area contributed by atoms with Crippen molar-refractivity contribution in [1.29, 1.82) is 0 Å². The van der Waals surface area contributed by atoms with Crippen LogP contribution in [0.3, 0.4) is 0 Å². The first-order valence-electron chi connectivity index (χ1n) is 11.4. The number of nitrogens with zero attached hydrogens (tertiary/aromatic N) is 2. The molecule has 0 radical (unpaired) electrons. The molecule has 188 valence electrons. The van der Waals surface area contributed by atoms with Gasteiger partial charge in [0.2, 0.25) is 11.8 Å². The van der Waals surface area contributed by atoms with E-state index >= 15 is 0 Å². The molecule has 0 aliphatic heterocycles. The van der Waals surface area contributed by atoms with E-state index in [1.165, 1.54) is 27.6 Å². The van der Waals surface area contributed by atoms with Gasteiger partial charge in [-0.25, -0.2) is 4.79 Å². The number of amides is 2. The number of thiophene rings is 1. The number of hydrogen-bond acceptors (Lipinski definition) is 6. The van der Waals surface area contributed by atoms with Crippen molar-refractivity contribution in [1.82, 2.24) is 19.8 Å². The third-order valence-corrected chi connectivity index (χ3v) is 6.75. The van der Waals surface area contributed by atoms with Gasteiger partial charge in [-0.15, -0.1) is 11.3 Å². The van der Waals surface area contributed by atoms with Gasteiger partial charge in [0.1, 0.15) is 11.2 Å². The molecule has 2 amide bonds. The van der Waals surface area contributed by atoms with Gasteiger partial charge in [0, 0.05) is 38.2 Å². The Kier molecular flexibility index (Phi) is 10.1. The Hall–Kier alpha value is -2.95. The third kappa shape index (κ3) is 7.27. The number of benzene rings is 1. The van der Waals surface area contributed by atoms with Crippen molar-refractivity contribution >= 4 is 45.0 Å². The predicted octanol–water partition coefficient (Wildman–Crippen LogP) is 2.52. The van der Waals surface area contributed by atoms with Gasteiger partial charge >= 0.3 is 5.69 Å². The summed E-state index contributed by atoms with van der Waals surface area (Å²) in [5.74, 6) is -0.409. The highest BCUT2D eigenvalue weighted by atomic mass is 35.5. The molecular formula is C24H29ClN4O5S. The number of rotatable bonds is 13. The minimum Gasteiger partial charge on any atom is -0.383 e. The van der Waals surface area contributed by atoms with Crippen LogP contribution in [-0.4, -0.2) is 41.2 Å². The van der Waals surface area contributed by atoms with Gasteiger partial charge < -0.3 is 15.4 Å². The normalized spacial score (nSPS) is 11.0. The highest BCUT2D eigenvalue weighted by Gasteiger charge is 2.16. The van der Waals surface area contributed by atoms with E-state index in [-0.39, 0.29) is 30.5 Å². The number of methoxy groups -OCH3 is 1. The minimum absolute atomic E-state index is 0.0797. The summed E-state index contributed by atoms with van der Waals surface area (Å²) >= 11 is 7.35. The summed E-state index contributed by atoms with van der Waals surface area (Å²) in [5.41, 5.74) is 0.446. The molecule has 0 aliphatic rings. The predicted molar refractivity (Wildman–Crippen MR) is 137 cm³/mol. The van der Waals surface area contributed by atoms with Gasteiger partial charge in [-0.2, -0.15) is 0 Å². The molecule has 0 saturated carbocycles. The lowest BCUT2D eigenvalue weighted by Crippen LogP contribution is -2.42. The number of carbonyl (C=O) groups is 2. The average Bonchev–Trinajstić information content (AvgIpc) is 3.33. The van der Waals surface area contributed by atoms with Crippen LogP contribution in [0, 0.1) is 0 Å². The maximum atomic E-state index is 13.0. The van der Waals surface area contributed by atoms with Crippen molar-refractivity contribution < 1.29 is 14.3 Å². The second-order valence-corrected chi connectivity index (χ2v) is 9.31. The van der Waals surface area contributed by atoms with E-state index in [1.54, 1.807) is 17.5 Å². The fraction of sp³-hybridized carbons (Fsp3) is 0.417. The Morgan fingerprint density at radius 1 is 1.03 bits per heavy atom. The summed E-state index contributed by atoms with van der Waals surface area (Å²) in [6.45, 7) is 1.11. The molecule has 0 fully saturated rings. The summed E-state index contributed by atoms with van der Waals surface area (Å²) in [5, 5.41) is 7.89. The molecule has 0 bridgehead atoms. The van der Waals surface area contributed by atoms with Crippen molar-refractivity contribution in [3.63, 3.8) is 0 Å². The van der Waals surface area contributed by atoms with E-state index in [2.05, 4.69) is 10.6 Å². The van der Waals surface area contributed by atoms with Crippen LogP contribution in [0.15, 0.2) is 45.3 Å². The fourth-order valence-electron chi connectivity index (χ4n) is 3.63. The van der Waals surface area contributed by atoms with Gasteiger partial charge in [-0.1, -0.05) is 36.2 Å². The lowest BCUT2D eigenvalue weighted by Gasteiger charge is -2.12. The van der Waals surface area contributed by atoms with Crippen LogP contribution < -0.4 is 21.9 Å². The molecule has 2 aromatic heterocycles. The average molecular weight is 521 g/mol. The number of carbonyl (C=O) groups excluding carboxylic acids is 2. The van der Waals surface area contributed by atoms with Crippen LogP contribution in [0.25, 0.3) is 10.2 Å². The van der Waals surface area contributed by atoms with E-state index in [0.29, 0.717) is 60.6 Å². The number of unbranched alkanes of at least 4 members (excludes halogenated alkanes) is 2. The van der Waals surface area contributed by atoms with Crippen LogP contribution in [0.1, 0.15) is 31.2 Å². The Balaban J connectivity index is 1.54. The Morgan fingerprint density at radius 3 is 2.60 bits per heavy atom. The monoisotopic (exact) mass is 520 g/mol. The van der Waals surface area contributed by atoms with Crippen molar-refractivity contribution in [3.8, 4) is 0 Å². The van der Waals surface area contributed by atoms with Gasteiger partial charge in [0.15, 0.2) is 0 Å². The van der Waals surface area contributed by atoms with E-state index in [0.717, 1.165) is 5.56 Å². The molecule has 35 heavy (non-hydrogen) atoms. The number of ether oxygens (including phenoxy) is 1. The first kappa shape index (κ1) is 26.7. The SMILES string of the molecule is COCCNC(=O)Cn1c(=O)n(CCCCCC(=O)NCc2ccccc2Cl)c(=O)c2sccc21. The second kappa shape index (κ2) is 13.2. The zero-order valence-corrected chi connectivity index (χ0v) is 21.1. The molecule has 9 nitrogen and oxygen atoms in total. The molecule has 0 unspecified atom stereocenters. The van der Waals surface area contributed by atoms with Crippen LogP contribution in [0.2, 0.25) is 5.02 Å². The second-order valence-electron chi connectivity index (χ2n) is 7.98. The smallest absolute Gasteiger partial charge is 0.332 e. The van der Waals surface area contributed by atoms with E-state index < -0.39 is 5.69 Å². The number of aromatic nitrogens is 2. The summed E-state index contributed by atoms with van der Waals surface area (Å²) in [6.07, 6.45) is 2.20. The summed E-state index contributed by atoms with van der Waals surface area (Å²) < 4.78 is 7.87. The lowest BCUT2D eigenvalue weighted by molar-refractivity contribution is -0.122. The molecule has 1 aromatic carbocycles. The topological polar surface area (TPSA) is 111 Å². The lowest BCUT2D eigenvalue weighted by atomic mass is 10.1.